The van der Waals surface area contributed by atoms with Crippen molar-refractivity contribution >= 4 is 22.7 Å². The van der Waals surface area contributed by atoms with Gasteiger partial charge >= 0.3 is 12.1 Å². The van der Waals surface area contributed by atoms with E-state index in [-0.39, 0.29) is 5.69 Å². The zero-order chi connectivity index (χ0) is 21.5. The van der Waals surface area contributed by atoms with Crippen LogP contribution in [0, 0.1) is 6.92 Å². The van der Waals surface area contributed by atoms with Gasteiger partial charge in [0.1, 0.15) is 5.52 Å². The Morgan fingerprint density at radius 3 is 2.17 bits per heavy atom. The number of nitrogens with zero attached hydrogens (tertiary/aromatic N) is 2. The second-order valence-electron chi connectivity index (χ2n) is 6.94. The van der Waals surface area contributed by atoms with Gasteiger partial charge in [-0.15, -0.1) is 0 Å². The fourth-order valence-electron chi connectivity index (χ4n) is 3.24. The molecule has 7 heteroatoms. The molecule has 3 aromatic carbocycles. The number of fused-ring (bicyclic) bond motifs is 1. The van der Waals surface area contributed by atoms with Crippen molar-refractivity contribution in [3.8, 4) is 22.6 Å². The van der Waals surface area contributed by atoms with Gasteiger partial charge in [-0.25, -0.2) is 4.98 Å². The second kappa shape index (κ2) is 7.33. The van der Waals surface area contributed by atoms with Crippen LogP contribution in [-0.4, -0.2) is 24.1 Å². The Hall–Kier alpha value is -3.61. The first-order chi connectivity index (χ1) is 14.2. The lowest BCUT2D eigenvalue weighted by Crippen LogP contribution is -2.38. The molecule has 0 radical (unpaired) electrons. The summed E-state index contributed by atoms with van der Waals surface area (Å²) in [5.41, 5.74) is 4.40. The van der Waals surface area contributed by atoms with E-state index < -0.39 is 12.1 Å². The highest BCUT2D eigenvalue weighted by atomic mass is 19.4. The molecule has 0 saturated heterocycles. The molecule has 0 bridgehead atoms. The van der Waals surface area contributed by atoms with Gasteiger partial charge in [-0.1, -0.05) is 42.5 Å². The Bertz CT molecular complexity index is 1210. The highest BCUT2D eigenvalue weighted by molar-refractivity contribution is 5.98. The molecular weight excluding hydrogens is 393 g/mol. The molecule has 0 aliphatic carbocycles. The summed E-state index contributed by atoms with van der Waals surface area (Å²) in [6, 6.07) is 20.4. The predicted molar refractivity (Wildman–Crippen MR) is 109 cm³/mol. The second-order valence-corrected chi connectivity index (χ2v) is 6.94. The minimum Gasteiger partial charge on any atom is -0.436 e. The maximum Gasteiger partial charge on any atom is 0.471 e. The largest absolute Gasteiger partial charge is 0.471 e. The summed E-state index contributed by atoms with van der Waals surface area (Å²) in [7, 11) is 1.08. The van der Waals surface area contributed by atoms with Crippen molar-refractivity contribution in [1.29, 1.82) is 0 Å². The summed E-state index contributed by atoms with van der Waals surface area (Å²) in [5, 5.41) is 0. The molecule has 0 unspecified atom stereocenters. The van der Waals surface area contributed by atoms with Crippen LogP contribution in [0.25, 0.3) is 33.7 Å². The van der Waals surface area contributed by atoms with Crippen LogP contribution in [0.4, 0.5) is 18.9 Å². The number of halogens is 3. The van der Waals surface area contributed by atoms with E-state index >= 15 is 0 Å². The standard InChI is InChI=1S/C23H17F3N2O2/c1-14-12-18(28(2)22(29)23(24,25)26)13-19-20(14)30-21(27-19)17-10-8-16(9-11-17)15-6-4-3-5-7-15/h3-13H,1-2H3. The van der Waals surface area contributed by atoms with Crippen LogP contribution in [0.2, 0.25) is 0 Å². The molecule has 0 saturated carbocycles. The van der Waals surface area contributed by atoms with Crippen LogP contribution in [0.1, 0.15) is 5.56 Å². The molecule has 0 aliphatic heterocycles. The number of aromatic nitrogens is 1. The number of benzene rings is 3. The Labute approximate surface area is 170 Å². The molecule has 0 atom stereocenters. The van der Waals surface area contributed by atoms with Gasteiger partial charge in [0, 0.05) is 18.3 Å². The van der Waals surface area contributed by atoms with Crippen LogP contribution in [0.5, 0.6) is 0 Å². The van der Waals surface area contributed by atoms with Gasteiger partial charge in [0.25, 0.3) is 0 Å². The Morgan fingerprint density at radius 1 is 0.933 bits per heavy atom. The van der Waals surface area contributed by atoms with Gasteiger partial charge in [0.15, 0.2) is 5.58 Å². The highest BCUT2D eigenvalue weighted by Crippen LogP contribution is 2.32. The first kappa shape index (κ1) is 19.7. The summed E-state index contributed by atoms with van der Waals surface area (Å²) in [5.74, 6) is -1.59. The highest BCUT2D eigenvalue weighted by Gasteiger charge is 2.41. The number of rotatable bonds is 3. The van der Waals surface area contributed by atoms with Crippen molar-refractivity contribution in [2.45, 2.75) is 13.1 Å². The quantitative estimate of drug-likeness (QED) is 0.416. The van der Waals surface area contributed by atoms with Crippen LogP contribution < -0.4 is 4.90 Å². The zero-order valence-corrected chi connectivity index (χ0v) is 16.2. The number of carbonyl (C=O) groups excluding carboxylic acids is 1. The summed E-state index contributed by atoms with van der Waals surface area (Å²) in [6.45, 7) is 1.70. The average molecular weight is 410 g/mol. The minimum atomic E-state index is -4.95. The van der Waals surface area contributed by atoms with Gasteiger partial charge in [-0.05, 0) is 47.9 Å². The van der Waals surface area contributed by atoms with Crippen molar-refractivity contribution in [3.63, 3.8) is 0 Å². The average Bonchev–Trinajstić information content (AvgIpc) is 3.17. The minimum absolute atomic E-state index is 0.0987. The smallest absolute Gasteiger partial charge is 0.436 e. The van der Waals surface area contributed by atoms with Crippen molar-refractivity contribution < 1.29 is 22.4 Å². The Kier molecular flexibility index (Phi) is 4.81. The topological polar surface area (TPSA) is 46.3 Å². The molecular formula is C23H17F3N2O2. The van der Waals surface area contributed by atoms with Gasteiger partial charge in [0.05, 0.1) is 0 Å². The Balaban J connectivity index is 1.68. The summed E-state index contributed by atoms with van der Waals surface area (Å²) in [4.78, 5) is 16.5. The maximum absolute atomic E-state index is 12.8. The molecule has 0 spiro atoms. The van der Waals surface area contributed by atoms with E-state index in [1.165, 1.54) is 12.1 Å². The van der Waals surface area contributed by atoms with Gasteiger partial charge in [-0.2, -0.15) is 13.2 Å². The van der Waals surface area contributed by atoms with Crippen LogP contribution in [-0.2, 0) is 4.79 Å². The molecule has 0 N–H and O–H groups in total. The first-order valence-electron chi connectivity index (χ1n) is 9.16. The van der Waals surface area contributed by atoms with E-state index in [1.54, 1.807) is 6.92 Å². The number of anilines is 1. The maximum atomic E-state index is 12.8. The fourth-order valence-corrected chi connectivity index (χ4v) is 3.24. The number of carbonyl (C=O) groups is 1. The molecule has 30 heavy (non-hydrogen) atoms. The number of oxazole rings is 1. The lowest BCUT2D eigenvalue weighted by atomic mass is 10.0. The van der Waals surface area contributed by atoms with Crippen LogP contribution in [0.15, 0.2) is 71.1 Å². The van der Waals surface area contributed by atoms with Gasteiger partial charge in [0.2, 0.25) is 5.89 Å². The van der Waals surface area contributed by atoms with E-state index in [1.807, 2.05) is 54.6 Å². The van der Waals surface area contributed by atoms with Crippen molar-refractivity contribution in [1.82, 2.24) is 4.98 Å². The van der Waals surface area contributed by atoms with Crippen molar-refractivity contribution in [2.24, 2.45) is 0 Å². The summed E-state index contributed by atoms with van der Waals surface area (Å²) in [6.07, 6.45) is -4.95. The molecule has 1 aromatic heterocycles. The number of hydrogen-bond donors (Lipinski definition) is 0. The molecule has 1 amide bonds. The molecule has 0 fully saturated rings. The van der Waals surface area contributed by atoms with Gasteiger partial charge < -0.3 is 9.32 Å². The lowest BCUT2D eigenvalue weighted by Gasteiger charge is -2.19. The third kappa shape index (κ3) is 3.66. The van der Waals surface area contributed by atoms with E-state index in [4.69, 9.17) is 4.42 Å². The molecule has 152 valence electrons. The molecule has 4 aromatic rings. The monoisotopic (exact) mass is 410 g/mol. The van der Waals surface area contributed by atoms with Crippen molar-refractivity contribution in [3.05, 3.63) is 72.3 Å². The lowest BCUT2D eigenvalue weighted by molar-refractivity contribution is -0.170. The molecule has 0 aliphatic rings. The number of alkyl halides is 3. The number of aryl methyl sites for hydroxylation is 1. The molecule has 4 nitrogen and oxygen atoms in total. The van der Waals surface area contributed by atoms with Crippen molar-refractivity contribution in [2.75, 3.05) is 11.9 Å². The normalized spacial score (nSPS) is 11.6. The first-order valence-corrected chi connectivity index (χ1v) is 9.16. The zero-order valence-electron chi connectivity index (χ0n) is 16.2. The summed E-state index contributed by atoms with van der Waals surface area (Å²) < 4.78 is 44.1. The van der Waals surface area contributed by atoms with E-state index in [2.05, 4.69) is 4.98 Å². The summed E-state index contributed by atoms with van der Waals surface area (Å²) >= 11 is 0. The van der Waals surface area contributed by atoms with Crippen LogP contribution >= 0.6 is 0 Å². The van der Waals surface area contributed by atoms with E-state index in [0.717, 1.165) is 23.7 Å². The fraction of sp³-hybridized carbons (Fsp3) is 0.130. The van der Waals surface area contributed by atoms with Gasteiger partial charge in [-0.3, -0.25) is 4.79 Å². The molecule has 4 rings (SSSR count). The van der Waals surface area contributed by atoms with Crippen LogP contribution in [0.3, 0.4) is 0 Å². The number of amides is 1. The Morgan fingerprint density at radius 2 is 1.53 bits per heavy atom. The third-order valence-electron chi connectivity index (χ3n) is 4.83. The predicted octanol–water partition coefficient (Wildman–Crippen LogP) is 6.00. The van der Waals surface area contributed by atoms with E-state index in [9.17, 15) is 18.0 Å². The third-order valence-corrected chi connectivity index (χ3v) is 4.83. The SMILES string of the molecule is Cc1cc(N(C)C(=O)C(F)(F)F)cc2nc(-c3ccc(-c4ccccc4)cc3)oc12. The number of hydrogen-bond acceptors (Lipinski definition) is 3. The molecule has 1 heterocycles. The van der Waals surface area contributed by atoms with E-state index in [0.29, 0.717) is 27.5 Å².